The summed E-state index contributed by atoms with van der Waals surface area (Å²) in [6.07, 6.45) is 2.58. The number of hydrogen-bond acceptors (Lipinski definition) is 8. The summed E-state index contributed by atoms with van der Waals surface area (Å²) in [5.41, 5.74) is 2.15. The molecule has 0 radical (unpaired) electrons. The number of nitrogens with one attached hydrogen (secondary N) is 1. The minimum absolute atomic E-state index is 0.0617. The second kappa shape index (κ2) is 8.15. The summed E-state index contributed by atoms with van der Waals surface area (Å²) in [7, 11) is -3.68. The van der Waals surface area contributed by atoms with Crippen LogP contribution in [0.2, 0.25) is 0 Å². The number of hydrogen-bond donors (Lipinski definition) is 1. The standard InChI is InChI=1S/C21H19N5O4S/c1-3-30-20(27)14-8-7-9-15(12-14)23-21-24-18-17(19(25-21)31(2,28)29)22-13-26(18)16-10-5-4-6-11-16/h4-13H,3H2,1-2H3,(H,23,24,25). The molecule has 0 unspecified atom stereocenters. The van der Waals surface area contributed by atoms with Crippen LogP contribution in [0.4, 0.5) is 11.6 Å². The van der Waals surface area contributed by atoms with Crippen LogP contribution in [0.25, 0.3) is 16.9 Å². The highest BCUT2D eigenvalue weighted by Gasteiger charge is 2.21. The summed E-state index contributed by atoms with van der Waals surface area (Å²) in [5.74, 6) is -0.395. The maximum atomic E-state index is 12.4. The monoisotopic (exact) mass is 437 g/mol. The van der Waals surface area contributed by atoms with Crippen molar-refractivity contribution in [1.82, 2.24) is 19.5 Å². The Morgan fingerprint density at radius 1 is 1.10 bits per heavy atom. The van der Waals surface area contributed by atoms with Crippen LogP contribution in [0.3, 0.4) is 0 Å². The van der Waals surface area contributed by atoms with Crippen LogP contribution < -0.4 is 5.32 Å². The van der Waals surface area contributed by atoms with Crippen LogP contribution >= 0.6 is 0 Å². The highest BCUT2D eigenvalue weighted by atomic mass is 32.2. The molecule has 0 fully saturated rings. The number of anilines is 2. The zero-order valence-electron chi connectivity index (χ0n) is 16.8. The van der Waals surface area contributed by atoms with Crippen molar-refractivity contribution >= 4 is 38.6 Å². The summed E-state index contributed by atoms with van der Waals surface area (Å²) >= 11 is 0. The number of aromatic nitrogens is 4. The first-order valence-corrected chi connectivity index (χ1v) is 11.3. The fourth-order valence-corrected chi connectivity index (χ4v) is 3.78. The normalized spacial score (nSPS) is 11.4. The molecule has 0 aliphatic heterocycles. The highest BCUT2D eigenvalue weighted by molar-refractivity contribution is 7.90. The molecule has 10 heteroatoms. The summed E-state index contributed by atoms with van der Waals surface area (Å²) in [6, 6.07) is 15.9. The summed E-state index contributed by atoms with van der Waals surface area (Å²) < 4.78 is 31.5. The molecule has 0 aliphatic rings. The van der Waals surface area contributed by atoms with Crippen LogP contribution in [-0.2, 0) is 14.6 Å². The van der Waals surface area contributed by atoms with Gasteiger partial charge in [0, 0.05) is 17.6 Å². The number of carbonyl (C=O) groups excluding carboxylic acids is 1. The van der Waals surface area contributed by atoms with E-state index in [1.807, 2.05) is 30.3 Å². The molecule has 0 spiro atoms. The first-order valence-electron chi connectivity index (χ1n) is 9.41. The zero-order chi connectivity index (χ0) is 22.0. The number of fused-ring (bicyclic) bond motifs is 1. The lowest BCUT2D eigenvalue weighted by atomic mass is 10.2. The topological polar surface area (TPSA) is 116 Å². The minimum atomic E-state index is -3.68. The van der Waals surface area contributed by atoms with Gasteiger partial charge in [0.2, 0.25) is 5.95 Å². The van der Waals surface area contributed by atoms with Gasteiger partial charge in [0.05, 0.1) is 12.2 Å². The summed E-state index contributed by atoms with van der Waals surface area (Å²) in [6.45, 7) is 1.99. The number of carbonyl (C=O) groups is 1. The predicted molar refractivity (Wildman–Crippen MR) is 115 cm³/mol. The second-order valence-electron chi connectivity index (χ2n) is 6.67. The first-order chi connectivity index (χ1) is 14.9. The quantitative estimate of drug-likeness (QED) is 0.361. The van der Waals surface area contributed by atoms with Gasteiger partial charge >= 0.3 is 5.97 Å². The molecule has 9 nitrogen and oxygen atoms in total. The van der Waals surface area contributed by atoms with Crippen molar-refractivity contribution in [3.05, 3.63) is 66.5 Å². The summed E-state index contributed by atoms with van der Waals surface area (Å²) in [5, 5.41) is 2.79. The van der Waals surface area contributed by atoms with Gasteiger partial charge in [-0.3, -0.25) is 4.57 Å². The molecular weight excluding hydrogens is 418 g/mol. The molecule has 4 aromatic rings. The van der Waals surface area contributed by atoms with Crippen LogP contribution in [-0.4, -0.2) is 46.8 Å². The molecule has 0 bridgehead atoms. The second-order valence-corrected chi connectivity index (χ2v) is 8.60. The maximum absolute atomic E-state index is 12.4. The molecule has 2 aromatic heterocycles. The van der Waals surface area contributed by atoms with Gasteiger partial charge in [-0.15, -0.1) is 0 Å². The van der Waals surface area contributed by atoms with Crippen molar-refractivity contribution in [2.45, 2.75) is 11.9 Å². The van der Waals surface area contributed by atoms with Crippen LogP contribution in [0.15, 0.2) is 66.0 Å². The number of imidazole rings is 1. The molecule has 0 amide bonds. The van der Waals surface area contributed by atoms with Crippen molar-refractivity contribution in [2.75, 3.05) is 18.2 Å². The lowest BCUT2D eigenvalue weighted by Crippen LogP contribution is -2.08. The molecule has 0 atom stereocenters. The Balaban J connectivity index is 1.82. The smallest absolute Gasteiger partial charge is 0.338 e. The van der Waals surface area contributed by atoms with E-state index >= 15 is 0 Å². The molecule has 0 aliphatic carbocycles. The van der Waals surface area contributed by atoms with Gasteiger partial charge in [0.1, 0.15) is 11.8 Å². The third-order valence-electron chi connectivity index (χ3n) is 4.38. The van der Waals surface area contributed by atoms with Crippen LogP contribution in [0, 0.1) is 0 Å². The average Bonchev–Trinajstić information content (AvgIpc) is 3.17. The van der Waals surface area contributed by atoms with E-state index in [9.17, 15) is 13.2 Å². The first kappa shape index (κ1) is 20.5. The summed E-state index contributed by atoms with van der Waals surface area (Å²) in [4.78, 5) is 24.9. The van der Waals surface area contributed by atoms with E-state index in [0.29, 0.717) is 16.9 Å². The maximum Gasteiger partial charge on any atom is 0.338 e. The van der Waals surface area contributed by atoms with Gasteiger partial charge in [-0.2, -0.15) is 9.97 Å². The lowest BCUT2D eigenvalue weighted by molar-refractivity contribution is 0.0526. The number of para-hydroxylation sites is 1. The Hall–Kier alpha value is -3.79. The molecule has 0 saturated carbocycles. The van der Waals surface area contributed by atoms with E-state index in [1.165, 1.54) is 6.33 Å². The van der Waals surface area contributed by atoms with Crippen molar-refractivity contribution in [2.24, 2.45) is 0 Å². The number of esters is 1. The van der Waals surface area contributed by atoms with Gasteiger partial charge in [-0.1, -0.05) is 24.3 Å². The lowest BCUT2D eigenvalue weighted by Gasteiger charge is -2.10. The van der Waals surface area contributed by atoms with E-state index in [1.54, 1.807) is 35.8 Å². The number of benzene rings is 2. The number of nitrogens with zero attached hydrogens (tertiary/aromatic N) is 4. The van der Waals surface area contributed by atoms with E-state index in [2.05, 4.69) is 20.3 Å². The van der Waals surface area contributed by atoms with Gasteiger partial charge in [0.25, 0.3) is 0 Å². The van der Waals surface area contributed by atoms with Gasteiger partial charge in [0.15, 0.2) is 20.5 Å². The Morgan fingerprint density at radius 2 is 1.87 bits per heavy atom. The fourth-order valence-electron chi connectivity index (χ4n) is 3.03. The van der Waals surface area contributed by atoms with Crippen LogP contribution in [0.5, 0.6) is 0 Å². The third kappa shape index (κ3) is 4.24. The molecule has 31 heavy (non-hydrogen) atoms. The van der Waals surface area contributed by atoms with Gasteiger partial charge < -0.3 is 10.1 Å². The van der Waals surface area contributed by atoms with Crippen molar-refractivity contribution < 1.29 is 17.9 Å². The Bertz CT molecular complexity index is 1370. The van der Waals surface area contributed by atoms with Gasteiger partial charge in [-0.25, -0.2) is 18.2 Å². The number of sulfone groups is 1. The highest BCUT2D eigenvalue weighted by Crippen LogP contribution is 2.25. The van der Waals surface area contributed by atoms with Crippen molar-refractivity contribution in [1.29, 1.82) is 0 Å². The average molecular weight is 437 g/mol. The minimum Gasteiger partial charge on any atom is -0.462 e. The van der Waals surface area contributed by atoms with Gasteiger partial charge in [-0.05, 0) is 37.3 Å². The van der Waals surface area contributed by atoms with E-state index in [-0.39, 0.29) is 23.1 Å². The molecule has 4 rings (SSSR count). The fraction of sp³-hybridized carbons (Fsp3) is 0.143. The van der Waals surface area contributed by atoms with E-state index in [0.717, 1.165) is 11.9 Å². The SMILES string of the molecule is CCOC(=O)c1cccc(Nc2nc(S(C)(=O)=O)c3ncn(-c4ccccc4)c3n2)c1. The molecule has 2 aromatic carbocycles. The number of ether oxygens (including phenoxy) is 1. The Morgan fingerprint density at radius 3 is 2.58 bits per heavy atom. The van der Waals surface area contributed by atoms with E-state index < -0.39 is 15.8 Å². The number of rotatable bonds is 6. The zero-order valence-corrected chi connectivity index (χ0v) is 17.6. The van der Waals surface area contributed by atoms with Crippen molar-refractivity contribution in [3.8, 4) is 5.69 Å². The molecule has 1 N–H and O–H groups in total. The Labute approximate surface area is 178 Å². The third-order valence-corrected chi connectivity index (χ3v) is 5.37. The molecule has 2 heterocycles. The molecular formula is C21H19N5O4S. The predicted octanol–water partition coefficient (Wildman–Crippen LogP) is 3.14. The van der Waals surface area contributed by atoms with Crippen LogP contribution in [0.1, 0.15) is 17.3 Å². The van der Waals surface area contributed by atoms with E-state index in [4.69, 9.17) is 4.74 Å². The van der Waals surface area contributed by atoms with Crippen molar-refractivity contribution in [3.63, 3.8) is 0 Å². The molecule has 158 valence electrons. The molecule has 0 saturated heterocycles. The Kier molecular flexibility index (Phi) is 5.38. The largest absolute Gasteiger partial charge is 0.462 e.